The normalized spacial score (nSPS) is 13.8. The highest BCUT2D eigenvalue weighted by atomic mass is 31.2. The van der Waals surface area contributed by atoms with Crippen molar-refractivity contribution in [3.05, 3.63) is 72.9 Å². The van der Waals surface area contributed by atoms with Crippen LogP contribution in [-0.2, 0) is 32.7 Å². The van der Waals surface area contributed by atoms with Crippen LogP contribution in [0.25, 0.3) is 0 Å². The van der Waals surface area contributed by atoms with Crippen LogP contribution in [-0.4, -0.2) is 49.3 Å². The lowest BCUT2D eigenvalue weighted by molar-refractivity contribution is -0.161. The van der Waals surface area contributed by atoms with E-state index in [1.54, 1.807) is 0 Å². The maximum absolute atomic E-state index is 12.7. The largest absolute Gasteiger partial charge is 0.472 e. The number of carbonyl (C=O) groups excluding carboxylic acids is 2. The van der Waals surface area contributed by atoms with Crippen molar-refractivity contribution in [1.29, 1.82) is 0 Å². The number of hydrogen-bond acceptors (Lipinski definition) is 8. The van der Waals surface area contributed by atoms with Gasteiger partial charge in [0, 0.05) is 19.4 Å². The molecule has 3 N–H and O–H groups in total. The summed E-state index contributed by atoms with van der Waals surface area (Å²) in [6, 6.07) is 0. The van der Waals surface area contributed by atoms with Crippen molar-refractivity contribution in [3.63, 3.8) is 0 Å². The maximum atomic E-state index is 12.7. The highest BCUT2D eigenvalue weighted by molar-refractivity contribution is 7.47. The molecule has 0 aliphatic rings. The number of hydrogen-bond donors (Lipinski definition) is 2. The minimum atomic E-state index is -4.39. The number of rotatable bonds is 47. The van der Waals surface area contributed by atoms with E-state index in [-0.39, 0.29) is 38.6 Å². The van der Waals surface area contributed by atoms with Gasteiger partial charge in [0.1, 0.15) is 6.61 Å². The summed E-state index contributed by atoms with van der Waals surface area (Å²) >= 11 is 0. The first-order valence-corrected chi connectivity index (χ1v) is 26.9. The third-order valence-corrected chi connectivity index (χ3v) is 11.6. The summed E-state index contributed by atoms with van der Waals surface area (Å²) in [6.45, 7) is 3.61. The molecular formula is C53H94NO8P. The second-order valence-electron chi connectivity index (χ2n) is 16.7. The Labute approximate surface area is 386 Å². The molecule has 0 aromatic rings. The Morgan fingerprint density at radius 1 is 0.492 bits per heavy atom. The Kier molecular flexibility index (Phi) is 46.9. The summed E-state index contributed by atoms with van der Waals surface area (Å²) < 4.78 is 32.9. The second-order valence-corrected chi connectivity index (χ2v) is 18.1. The molecule has 0 saturated heterocycles. The van der Waals surface area contributed by atoms with Gasteiger partial charge in [-0.15, -0.1) is 0 Å². The zero-order valence-corrected chi connectivity index (χ0v) is 41.2. The van der Waals surface area contributed by atoms with Crippen LogP contribution in [0.2, 0.25) is 0 Å². The highest BCUT2D eigenvalue weighted by Crippen LogP contribution is 2.43. The standard InChI is InChI=1S/C53H94NO8P/c1-3-5-7-9-11-13-15-17-19-21-23-24-25-26-28-30-32-34-36-38-40-42-44-46-53(56)62-51(50-61-63(57,58)60-48-47-54)49-59-52(55)45-43-41-39-37-35-33-31-29-27-22-20-18-16-14-12-10-8-6-4-2/h5,7,11,13,17-20,23-24,26,28,51H,3-4,6,8-10,12,14-16,21-22,25,27,29-50,54H2,1-2H3,(H,57,58)/b7-5-,13-11-,19-17-,20-18-,24-23-,28-26-. The fourth-order valence-electron chi connectivity index (χ4n) is 6.83. The summed E-state index contributed by atoms with van der Waals surface area (Å²) in [5, 5.41) is 0. The molecule has 0 aromatic heterocycles. The van der Waals surface area contributed by atoms with Gasteiger partial charge in [0.25, 0.3) is 0 Å². The van der Waals surface area contributed by atoms with Gasteiger partial charge >= 0.3 is 19.8 Å². The lowest BCUT2D eigenvalue weighted by Gasteiger charge is -2.19. The molecule has 0 fully saturated rings. The van der Waals surface area contributed by atoms with Crippen LogP contribution in [0.4, 0.5) is 0 Å². The van der Waals surface area contributed by atoms with E-state index in [1.807, 2.05) is 0 Å². The van der Waals surface area contributed by atoms with Gasteiger partial charge in [-0.05, 0) is 83.5 Å². The number of esters is 2. The molecule has 0 aliphatic carbocycles. The van der Waals surface area contributed by atoms with E-state index in [1.165, 1.54) is 109 Å². The molecular weight excluding hydrogens is 810 g/mol. The molecule has 9 nitrogen and oxygen atoms in total. The van der Waals surface area contributed by atoms with Crippen molar-refractivity contribution in [2.24, 2.45) is 5.73 Å². The molecule has 10 heteroatoms. The van der Waals surface area contributed by atoms with Crippen molar-refractivity contribution >= 4 is 19.8 Å². The number of phosphoric ester groups is 1. The molecule has 0 radical (unpaired) electrons. The van der Waals surface area contributed by atoms with Crippen LogP contribution in [0.15, 0.2) is 72.9 Å². The lowest BCUT2D eigenvalue weighted by atomic mass is 10.1. The average molecular weight is 904 g/mol. The Hall–Kier alpha value is -2.55. The topological polar surface area (TPSA) is 134 Å². The molecule has 0 saturated carbocycles. The van der Waals surface area contributed by atoms with Gasteiger partial charge in [-0.2, -0.15) is 0 Å². The third kappa shape index (κ3) is 48.7. The smallest absolute Gasteiger partial charge is 0.462 e. The monoisotopic (exact) mass is 904 g/mol. The van der Waals surface area contributed by atoms with Gasteiger partial charge in [0.2, 0.25) is 0 Å². The van der Waals surface area contributed by atoms with Crippen LogP contribution in [0.5, 0.6) is 0 Å². The first-order chi connectivity index (χ1) is 30.8. The SMILES string of the molecule is CC/C=C\C/C=C\C/C=C\C/C=C\C/C=C\CCCCCCCCCC(=O)OC(COC(=O)CCCCCCCCCCC/C=C\CCCCCCCC)COP(=O)(O)OCCN. The van der Waals surface area contributed by atoms with Crippen molar-refractivity contribution in [2.45, 2.75) is 225 Å². The summed E-state index contributed by atoms with van der Waals surface area (Å²) in [6.07, 6.45) is 60.7. The first-order valence-electron chi connectivity index (χ1n) is 25.4. The van der Waals surface area contributed by atoms with Crippen molar-refractivity contribution in [2.75, 3.05) is 26.4 Å². The van der Waals surface area contributed by atoms with Crippen LogP contribution < -0.4 is 5.73 Å². The van der Waals surface area contributed by atoms with Crippen LogP contribution in [0, 0.1) is 0 Å². The quantitative estimate of drug-likeness (QED) is 0.0265. The molecule has 0 heterocycles. The fraction of sp³-hybridized carbons (Fsp3) is 0.736. The fourth-order valence-corrected chi connectivity index (χ4v) is 7.60. The first kappa shape index (κ1) is 60.5. The Morgan fingerprint density at radius 2 is 0.873 bits per heavy atom. The van der Waals surface area contributed by atoms with E-state index in [2.05, 4.69) is 86.8 Å². The van der Waals surface area contributed by atoms with Gasteiger partial charge in [-0.25, -0.2) is 4.57 Å². The van der Waals surface area contributed by atoms with E-state index in [4.69, 9.17) is 24.3 Å². The molecule has 2 unspecified atom stereocenters. The molecule has 63 heavy (non-hydrogen) atoms. The lowest BCUT2D eigenvalue weighted by Crippen LogP contribution is -2.29. The third-order valence-electron chi connectivity index (χ3n) is 10.6. The number of carbonyl (C=O) groups is 2. The van der Waals surface area contributed by atoms with Gasteiger partial charge < -0.3 is 20.1 Å². The van der Waals surface area contributed by atoms with E-state index in [0.717, 1.165) is 77.0 Å². The molecule has 0 rings (SSSR count). The zero-order chi connectivity index (χ0) is 46.0. The minimum Gasteiger partial charge on any atom is -0.462 e. The molecule has 0 amide bonds. The molecule has 0 aliphatic heterocycles. The minimum absolute atomic E-state index is 0.0481. The summed E-state index contributed by atoms with van der Waals surface area (Å²) in [7, 11) is -4.39. The predicted octanol–water partition coefficient (Wildman–Crippen LogP) is 15.4. The number of unbranched alkanes of at least 4 members (excludes halogenated alkanes) is 22. The number of phosphoric acid groups is 1. The van der Waals surface area contributed by atoms with Crippen LogP contribution in [0.3, 0.4) is 0 Å². The van der Waals surface area contributed by atoms with E-state index in [9.17, 15) is 19.0 Å². The molecule has 0 bridgehead atoms. The molecule has 0 aromatic carbocycles. The van der Waals surface area contributed by atoms with E-state index < -0.39 is 26.5 Å². The summed E-state index contributed by atoms with van der Waals surface area (Å²) in [5.41, 5.74) is 5.37. The van der Waals surface area contributed by atoms with Crippen molar-refractivity contribution in [3.8, 4) is 0 Å². The van der Waals surface area contributed by atoms with E-state index >= 15 is 0 Å². The zero-order valence-electron chi connectivity index (χ0n) is 40.3. The van der Waals surface area contributed by atoms with Gasteiger partial charge in [-0.3, -0.25) is 18.6 Å². The van der Waals surface area contributed by atoms with Crippen molar-refractivity contribution in [1.82, 2.24) is 0 Å². The molecule has 0 spiro atoms. The van der Waals surface area contributed by atoms with Gasteiger partial charge in [0.05, 0.1) is 13.2 Å². The number of allylic oxidation sites excluding steroid dienone is 12. The number of nitrogens with two attached hydrogens (primary N) is 1. The summed E-state index contributed by atoms with van der Waals surface area (Å²) in [4.78, 5) is 35.1. The Bertz CT molecular complexity index is 1260. The Balaban J connectivity index is 4.10. The second kappa shape index (κ2) is 48.9. The maximum Gasteiger partial charge on any atom is 0.472 e. The number of ether oxygens (including phenoxy) is 2. The van der Waals surface area contributed by atoms with Gasteiger partial charge in [0.15, 0.2) is 6.10 Å². The van der Waals surface area contributed by atoms with Gasteiger partial charge in [-0.1, -0.05) is 196 Å². The van der Waals surface area contributed by atoms with Crippen molar-refractivity contribution < 1.29 is 37.6 Å². The average Bonchev–Trinajstić information content (AvgIpc) is 3.27. The highest BCUT2D eigenvalue weighted by Gasteiger charge is 2.26. The summed E-state index contributed by atoms with van der Waals surface area (Å²) in [5.74, 6) is -0.843. The molecule has 2 atom stereocenters. The molecule has 364 valence electrons. The van der Waals surface area contributed by atoms with Crippen LogP contribution >= 0.6 is 7.82 Å². The predicted molar refractivity (Wildman–Crippen MR) is 266 cm³/mol. The van der Waals surface area contributed by atoms with Crippen LogP contribution in [0.1, 0.15) is 219 Å². The van der Waals surface area contributed by atoms with E-state index in [0.29, 0.717) is 6.42 Å². The Morgan fingerprint density at radius 3 is 1.32 bits per heavy atom.